The number of likely N-dealkylation sites (N-methyl/N-ethyl adjacent to an activating group) is 1. The third kappa shape index (κ3) is 7.34. The van der Waals surface area contributed by atoms with Gasteiger partial charge in [-0.05, 0) is 84.0 Å². The maximum Gasteiger partial charge on any atom is 0.414 e. The lowest BCUT2D eigenvalue weighted by Gasteiger charge is -2.47. The molecular weight excluding hydrogens is 631 g/mol. The first-order valence-electron chi connectivity index (χ1n) is 16.6. The smallest absolute Gasteiger partial charge is 0.414 e. The molecule has 0 saturated carbocycles. The molecule has 2 aromatic rings. The number of carbonyl (C=O) groups excluding carboxylic acids is 4. The lowest BCUT2D eigenvalue weighted by molar-refractivity contribution is -0.132. The molecule has 0 aromatic heterocycles. The van der Waals surface area contributed by atoms with Crippen LogP contribution in [0.1, 0.15) is 76.2 Å². The van der Waals surface area contributed by atoms with Crippen LogP contribution in [0.5, 0.6) is 11.5 Å². The van der Waals surface area contributed by atoms with Gasteiger partial charge >= 0.3 is 12.1 Å². The Balaban J connectivity index is 1.43. The van der Waals surface area contributed by atoms with E-state index in [-0.39, 0.29) is 36.4 Å². The van der Waals surface area contributed by atoms with Crippen LogP contribution in [0, 0.1) is 5.92 Å². The summed E-state index contributed by atoms with van der Waals surface area (Å²) in [6.07, 6.45) is 1.22. The van der Waals surface area contributed by atoms with Crippen LogP contribution in [0.4, 0.5) is 9.18 Å². The standard InChI is InChI=1S/C37H45FN4O7/c1-8-42(35(46)49-36(3,4)5)30-20-24(38)19-28-32(30)40-34(45)37(28,6)41-18-17-26(29(21-41)39-22(2)43)27-11-9-10-12-31(27)48-25-15-13-23(14-16-25)33(44)47-7/h9-16,20,26,28-29H,8,17-19,21H2,1-7H3,(H,39,43)(H,40,45)/t26-,28?,29+,37?/m1/s1. The van der Waals surface area contributed by atoms with Crippen molar-refractivity contribution in [1.82, 2.24) is 20.4 Å². The number of hydrogen-bond acceptors (Lipinski definition) is 8. The van der Waals surface area contributed by atoms with Crippen LogP contribution < -0.4 is 15.4 Å². The number of piperidine rings is 1. The van der Waals surface area contributed by atoms with Crippen LogP contribution in [0.3, 0.4) is 0 Å². The zero-order valence-electron chi connectivity index (χ0n) is 29.1. The Morgan fingerprint density at radius 2 is 1.82 bits per heavy atom. The van der Waals surface area contributed by atoms with Crippen LogP contribution in [-0.4, -0.2) is 77.6 Å². The number of halogens is 1. The molecule has 3 aliphatic rings. The number of benzene rings is 2. The molecule has 12 heteroatoms. The van der Waals surface area contributed by atoms with Crippen molar-refractivity contribution in [1.29, 1.82) is 0 Å². The number of methoxy groups -OCH3 is 1. The van der Waals surface area contributed by atoms with E-state index in [0.29, 0.717) is 42.3 Å². The molecule has 0 spiro atoms. The normalized spacial score (nSPS) is 24.0. The van der Waals surface area contributed by atoms with Gasteiger partial charge in [0.25, 0.3) is 0 Å². The van der Waals surface area contributed by atoms with Gasteiger partial charge in [0.05, 0.1) is 18.4 Å². The summed E-state index contributed by atoms with van der Waals surface area (Å²) in [6.45, 7) is 11.3. The SMILES string of the molecule is CCN(C(=O)OC(C)(C)C)C1=C2NC(=O)C(C)(N3CC[C@H](c4ccccc4Oc4ccc(C(=O)OC)cc4)[C@@H](NC(C)=O)C3)C2CC(F)=C1. The van der Waals surface area contributed by atoms with Gasteiger partial charge in [-0.1, -0.05) is 18.2 Å². The predicted molar refractivity (Wildman–Crippen MR) is 180 cm³/mol. The molecule has 0 radical (unpaired) electrons. The summed E-state index contributed by atoms with van der Waals surface area (Å²) in [5.74, 6) is -1.05. The second-order valence-corrected chi connectivity index (χ2v) is 13.8. The van der Waals surface area contributed by atoms with Crippen LogP contribution in [0.15, 0.2) is 71.8 Å². The largest absolute Gasteiger partial charge is 0.465 e. The lowest BCUT2D eigenvalue weighted by atomic mass is 9.76. The monoisotopic (exact) mass is 676 g/mol. The number of nitrogens with one attached hydrogen (secondary N) is 2. The Bertz CT molecular complexity index is 1680. The third-order valence-corrected chi connectivity index (χ3v) is 9.40. The Kier molecular flexibility index (Phi) is 10.2. The summed E-state index contributed by atoms with van der Waals surface area (Å²) in [5, 5.41) is 6.10. The number of para-hydroxylation sites is 1. The average molecular weight is 677 g/mol. The number of likely N-dealkylation sites (tertiary alicyclic amines) is 1. The fraction of sp³-hybridized carbons (Fsp3) is 0.459. The van der Waals surface area contributed by atoms with Gasteiger partial charge in [0.1, 0.15) is 28.5 Å². The molecule has 262 valence electrons. The highest BCUT2D eigenvalue weighted by Crippen LogP contribution is 2.47. The molecule has 2 saturated heterocycles. The minimum atomic E-state index is -1.17. The minimum Gasteiger partial charge on any atom is -0.465 e. The van der Waals surface area contributed by atoms with E-state index in [2.05, 4.69) is 10.6 Å². The van der Waals surface area contributed by atoms with Gasteiger partial charge in [-0.15, -0.1) is 0 Å². The van der Waals surface area contributed by atoms with Crippen LogP contribution in [0.25, 0.3) is 0 Å². The first kappa shape index (κ1) is 35.6. The van der Waals surface area contributed by atoms with Crippen molar-refractivity contribution in [2.45, 2.75) is 77.5 Å². The van der Waals surface area contributed by atoms with Crippen molar-refractivity contribution in [3.63, 3.8) is 0 Å². The molecule has 5 rings (SSSR count). The lowest BCUT2D eigenvalue weighted by Crippen LogP contribution is -2.62. The number of carbonyl (C=O) groups is 4. The van der Waals surface area contributed by atoms with E-state index >= 15 is 4.39 Å². The van der Waals surface area contributed by atoms with Gasteiger partial charge in [-0.25, -0.2) is 14.0 Å². The molecule has 0 bridgehead atoms. The third-order valence-electron chi connectivity index (χ3n) is 9.40. The average Bonchev–Trinajstić information content (AvgIpc) is 3.30. The second kappa shape index (κ2) is 14.0. The molecule has 2 fully saturated rings. The first-order valence-corrected chi connectivity index (χ1v) is 16.6. The molecule has 2 N–H and O–H groups in total. The van der Waals surface area contributed by atoms with Crippen molar-refractivity contribution < 1.29 is 37.8 Å². The van der Waals surface area contributed by atoms with Crippen molar-refractivity contribution in [2.24, 2.45) is 5.92 Å². The highest BCUT2D eigenvalue weighted by atomic mass is 19.1. The topological polar surface area (TPSA) is 127 Å². The quantitative estimate of drug-likeness (QED) is 0.337. The first-order chi connectivity index (χ1) is 23.2. The van der Waals surface area contributed by atoms with Crippen molar-refractivity contribution in [2.75, 3.05) is 26.7 Å². The van der Waals surface area contributed by atoms with E-state index in [4.69, 9.17) is 14.2 Å². The van der Waals surface area contributed by atoms with Gasteiger partial charge in [0.15, 0.2) is 0 Å². The molecular formula is C37H45FN4O7. The Hall–Kier alpha value is -4.71. The van der Waals surface area contributed by atoms with Gasteiger partial charge in [-0.3, -0.25) is 19.4 Å². The van der Waals surface area contributed by atoms with Gasteiger partial charge in [-0.2, -0.15) is 0 Å². The number of rotatable bonds is 8. The Morgan fingerprint density at radius 1 is 1.12 bits per heavy atom. The molecule has 49 heavy (non-hydrogen) atoms. The fourth-order valence-electron chi connectivity index (χ4n) is 7.04. The molecule has 3 amide bonds. The van der Waals surface area contributed by atoms with Crippen molar-refractivity contribution in [3.8, 4) is 11.5 Å². The molecule has 2 aromatic carbocycles. The maximum atomic E-state index is 15.4. The van der Waals surface area contributed by atoms with Gasteiger partial charge in [0, 0.05) is 55.6 Å². The summed E-state index contributed by atoms with van der Waals surface area (Å²) in [7, 11) is 1.32. The molecule has 2 aliphatic heterocycles. The predicted octanol–water partition coefficient (Wildman–Crippen LogP) is 5.79. The van der Waals surface area contributed by atoms with E-state index in [9.17, 15) is 19.2 Å². The number of hydrogen-bond donors (Lipinski definition) is 2. The number of amides is 3. The number of nitrogens with zero attached hydrogens (tertiary/aromatic N) is 2. The van der Waals surface area contributed by atoms with E-state index in [0.717, 1.165) is 5.56 Å². The highest BCUT2D eigenvalue weighted by molar-refractivity contribution is 5.93. The molecule has 2 unspecified atom stereocenters. The summed E-state index contributed by atoms with van der Waals surface area (Å²) >= 11 is 0. The van der Waals surface area contributed by atoms with E-state index in [1.165, 1.54) is 25.0 Å². The summed E-state index contributed by atoms with van der Waals surface area (Å²) in [5.41, 5.74) is 0.110. The maximum absolute atomic E-state index is 15.4. The van der Waals surface area contributed by atoms with E-state index in [1.54, 1.807) is 58.9 Å². The fourth-order valence-corrected chi connectivity index (χ4v) is 7.04. The number of ether oxygens (including phenoxy) is 3. The van der Waals surface area contributed by atoms with Crippen LogP contribution in [-0.2, 0) is 19.1 Å². The molecule has 1 aliphatic carbocycles. The van der Waals surface area contributed by atoms with Crippen molar-refractivity contribution in [3.05, 3.63) is 83.0 Å². The van der Waals surface area contributed by atoms with Crippen LogP contribution in [0.2, 0.25) is 0 Å². The van der Waals surface area contributed by atoms with Gasteiger partial charge < -0.3 is 24.8 Å². The summed E-state index contributed by atoms with van der Waals surface area (Å²) in [6, 6.07) is 13.8. The minimum absolute atomic E-state index is 0.0177. The van der Waals surface area contributed by atoms with Crippen LogP contribution >= 0.6 is 0 Å². The van der Waals surface area contributed by atoms with Gasteiger partial charge in [0.2, 0.25) is 11.8 Å². The molecule has 11 nitrogen and oxygen atoms in total. The van der Waals surface area contributed by atoms with E-state index in [1.807, 2.05) is 29.2 Å². The number of fused-ring (bicyclic) bond motifs is 1. The number of allylic oxidation sites excluding steroid dienone is 2. The second-order valence-electron chi connectivity index (χ2n) is 13.8. The zero-order valence-corrected chi connectivity index (χ0v) is 29.1. The summed E-state index contributed by atoms with van der Waals surface area (Å²) in [4.78, 5) is 54.9. The van der Waals surface area contributed by atoms with E-state index < -0.39 is 41.0 Å². The Labute approximate surface area is 286 Å². The Morgan fingerprint density at radius 3 is 2.45 bits per heavy atom. The zero-order chi connectivity index (χ0) is 35.7. The highest BCUT2D eigenvalue weighted by Gasteiger charge is 2.57. The molecule has 2 heterocycles. The van der Waals surface area contributed by atoms with Crippen molar-refractivity contribution >= 4 is 23.9 Å². The molecule has 4 atom stereocenters. The number of esters is 1. The summed E-state index contributed by atoms with van der Waals surface area (Å²) < 4.78 is 32.1.